The van der Waals surface area contributed by atoms with Crippen molar-refractivity contribution in [2.75, 3.05) is 52.4 Å². The van der Waals surface area contributed by atoms with Crippen LogP contribution in [0.5, 0.6) is 0 Å². The molecule has 1 aliphatic heterocycles. The van der Waals surface area contributed by atoms with Crippen LogP contribution in [0.15, 0.2) is 30.5 Å². The Balaban J connectivity index is -0.000000428. The number of fused-ring (bicyclic) bond motifs is 1. The van der Waals surface area contributed by atoms with E-state index in [1.807, 2.05) is 12.1 Å². The largest absolute Gasteiger partial charge is 0.542 e. The van der Waals surface area contributed by atoms with Gasteiger partial charge in [-0.2, -0.15) is 65.9 Å². The number of nitrogens with two attached hydrogens (primary N) is 4. The number of quaternary nitrogens is 5. The Bertz CT molecular complexity index is 1450. The van der Waals surface area contributed by atoms with Crippen LogP contribution >= 0.6 is 0 Å². The topological polar surface area (TPSA) is 324 Å². The molecule has 32 heteroatoms. The lowest BCUT2D eigenvalue weighted by molar-refractivity contribution is -0.691. The summed E-state index contributed by atoms with van der Waals surface area (Å²) in [5, 5.41) is 56.4. The molecule has 0 atom stereocenters. The summed E-state index contributed by atoms with van der Waals surface area (Å²) in [5.74, 6) is -14.9. The number of rotatable bonds is 18. The van der Waals surface area contributed by atoms with Gasteiger partial charge < -0.3 is 76.5 Å². The van der Waals surface area contributed by atoms with E-state index in [-0.39, 0.29) is 5.91 Å². The van der Waals surface area contributed by atoms with Crippen LogP contribution < -0.4 is 57.9 Å². The van der Waals surface area contributed by atoms with Crippen LogP contribution in [0.4, 0.5) is 71.5 Å². The maximum Gasteiger partial charge on any atom is 0.430 e. The standard InChI is InChI=1S/C23H40N6O.5C2HF3O2/c24-10-5-12-26-14-7-16-27-15-6-13-25-11-3-4-17-28-23(30)18-20-19-29-22-9-2-1-8-21(20)22;5*3-2(4,5)1(6)7/h1-2,8-9,19,25-27,29H,3-7,10-18,24H2,(H,28,30);5*(H,6,7). The first kappa shape index (κ1) is 66.1. The highest BCUT2D eigenvalue weighted by molar-refractivity contribution is 5.91. The summed E-state index contributed by atoms with van der Waals surface area (Å²) >= 11 is 0. The maximum absolute atomic E-state index is 12.2. The molecule has 0 saturated carbocycles. The van der Waals surface area contributed by atoms with Crippen LogP contribution in [0.2, 0.25) is 0 Å². The van der Waals surface area contributed by atoms with Crippen LogP contribution in [-0.4, -0.2) is 119 Å². The van der Waals surface area contributed by atoms with E-state index in [0.29, 0.717) is 6.42 Å². The van der Waals surface area contributed by atoms with Gasteiger partial charge in [-0.1, -0.05) is 12.1 Å². The van der Waals surface area contributed by atoms with Crippen LogP contribution in [0.25, 0.3) is 5.57 Å². The summed E-state index contributed by atoms with van der Waals surface area (Å²) in [5.41, 5.74) is 7.41. The van der Waals surface area contributed by atoms with Crippen LogP contribution in [0.3, 0.4) is 0 Å². The number of benzene rings is 1. The SMILES string of the molecule is O=C([O-])C(F)(F)F.O=C([O-])C(F)(F)F.O=C([O-])C(F)(F)F.O=C([O-])C(F)(F)F.O=C([O-])C(F)(F)F.[NH3+]CCC[NH2+]CCC[NH2+]CCC[NH2+]CCCCNC(=O)CC1=C[NH2+]c2ccccc21. The number of hydrogen-bond donors (Lipinski definition) is 6. The van der Waals surface area contributed by atoms with Crippen molar-refractivity contribution in [2.24, 2.45) is 0 Å². The van der Waals surface area contributed by atoms with E-state index in [4.69, 9.17) is 49.5 Å². The van der Waals surface area contributed by atoms with Gasteiger partial charge >= 0.3 is 30.9 Å². The highest BCUT2D eigenvalue weighted by atomic mass is 19.4. The normalized spacial score (nSPS) is 11.9. The van der Waals surface area contributed by atoms with Crippen molar-refractivity contribution in [3.63, 3.8) is 0 Å². The van der Waals surface area contributed by atoms with E-state index in [2.05, 4.69) is 50.7 Å². The molecular formula is C33H45F15N6O11. The summed E-state index contributed by atoms with van der Waals surface area (Å²) in [7, 11) is 0. The number of carboxylic acid groups (broad SMARTS) is 5. The molecule has 65 heavy (non-hydrogen) atoms. The number of amides is 1. The zero-order valence-corrected chi connectivity index (χ0v) is 33.5. The third-order valence-corrected chi connectivity index (χ3v) is 6.73. The second kappa shape index (κ2) is 34.0. The van der Waals surface area contributed by atoms with Gasteiger partial charge in [-0.3, -0.25) is 10.1 Å². The molecule has 0 saturated heterocycles. The van der Waals surface area contributed by atoms with E-state index in [1.54, 1.807) is 0 Å². The minimum atomic E-state index is -5.19. The Labute approximate surface area is 357 Å². The third kappa shape index (κ3) is 42.3. The average Bonchev–Trinajstić information content (AvgIpc) is 3.56. The number of unbranched alkanes of at least 4 members (excludes halogenated alkanes) is 1. The van der Waals surface area contributed by atoms with Gasteiger partial charge in [0.25, 0.3) is 0 Å². The first-order valence-corrected chi connectivity index (χ1v) is 18.1. The minimum Gasteiger partial charge on any atom is -0.542 e. The summed E-state index contributed by atoms with van der Waals surface area (Å²) in [4.78, 5) is 56.1. The van der Waals surface area contributed by atoms with Gasteiger partial charge in [0.15, 0.2) is 0 Å². The smallest absolute Gasteiger partial charge is 0.430 e. The molecule has 0 bridgehead atoms. The predicted molar refractivity (Wildman–Crippen MR) is 175 cm³/mol. The number of halogens is 15. The fourth-order valence-corrected chi connectivity index (χ4v) is 3.78. The molecular weight excluding hydrogens is 941 g/mol. The Morgan fingerprint density at radius 1 is 0.508 bits per heavy atom. The number of nitrogens with one attached hydrogen (secondary N) is 1. The molecule has 1 heterocycles. The van der Waals surface area contributed by atoms with Gasteiger partial charge in [0.1, 0.15) is 41.7 Å². The Hall–Kier alpha value is -5.47. The van der Waals surface area contributed by atoms with Crippen molar-refractivity contribution in [1.82, 2.24) is 5.32 Å². The zero-order chi connectivity index (χ0) is 51.7. The zero-order valence-electron chi connectivity index (χ0n) is 33.5. The molecule has 378 valence electrons. The van der Waals surface area contributed by atoms with Crippen molar-refractivity contribution in [3.8, 4) is 0 Å². The lowest BCUT2D eigenvalue weighted by atomic mass is 10.0. The van der Waals surface area contributed by atoms with Gasteiger partial charge in [-0.05, 0) is 18.9 Å². The summed E-state index contributed by atoms with van der Waals surface area (Å²) in [6, 6.07) is 8.26. The second-order valence-electron chi connectivity index (χ2n) is 12.1. The average molecular weight is 987 g/mol. The molecule has 12 N–H and O–H groups in total. The van der Waals surface area contributed by atoms with Crippen molar-refractivity contribution < 1.29 is 147 Å². The monoisotopic (exact) mass is 986 g/mol. The number of para-hydroxylation sites is 1. The summed E-state index contributed by atoms with van der Waals surface area (Å²) in [6.45, 7) is 9.18. The van der Waals surface area contributed by atoms with E-state index < -0.39 is 60.7 Å². The number of aliphatic carboxylic acids is 5. The van der Waals surface area contributed by atoms with Crippen molar-refractivity contribution in [2.45, 2.75) is 69.4 Å². The van der Waals surface area contributed by atoms with E-state index in [1.165, 1.54) is 63.2 Å². The molecule has 1 aromatic rings. The van der Waals surface area contributed by atoms with Gasteiger partial charge in [-0.15, -0.1) is 0 Å². The number of hydrogen-bond acceptors (Lipinski definition) is 11. The number of alkyl halides is 15. The molecule has 0 radical (unpaired) electrons. The van der Waals surface area contributed by atoms with Gasteiger partial charge in [0, 0.05) is 43.0 Å². The van der Waals surface area contributed by atoms with E-state index in [9.17, 15) is 70.7 Å². The summed E-state index contributed by atoms with van der Waals surface area (Å²) in [6.07, 6.45) is -17.4. The Kier molecular flexibility index (Phi) is 34.6. The van der Waals surface area contributed by atoms with Crippen LogP contribution in [0, 0.1) is 0 Å². The predicted octanol–water partition coefficient (Wildman–Crippen LogP) is -6.88. The summed E-state index contributed by atoms with van der Waals surface area (Å²) < 4.78 is 158. The number of carboxylic acids is 5. The van der Waals surface area contributed by atoms with E-state index >= 15 is 0 Å². The molecule has 0 aromatic heterocycles. The quantitative estimate of drug-likeness (QED) is 0.0456. The van der Waals surface area contributed by atoms with Gasteiger partial charge in [-0.25, -0.2) is 0 Å². The first-order valence-electron chi connectivity index (χ1n) is 18.1. The van der Waals surface area contributed by atoms with Crippen LogP contribution in [0.1, 0.15) is 44.1 Å². The fourth-order valence-electron chi connectivity index (χ4n) is 3.78. The van der Waals surface area contributed by atoms with Crippen molar-refractivity contribution >= 4 is 47.0 Å². The second-order valence-corrected chi connectivity index (χ2v) is 12.1. The molecule has 1 aliphatic rings. The molecule has 17 nitrogen and oxygen atoms in total. The van der Waals surface area contributed by atoms with Gasteiger partial charge in [0.2, 0.25) is 5.91 Å². The van der Waals surface area contributed by atoms with Gasteiger partial charge in [0.05, 0.1) is 52.2 Å². The Morgan fingerprint density at radius 3 is 1.14 bits per heavy atom. The first-order chi connectivity index (χ1) is 29.5. The highest BCUT2D eigenvalue weighted by Gasteiger charge is 2.31. The maximum atomic E-state index is 12.2. The lowest BCUT2D eigenvalue weighted by Crippen LogP contribution is -2.90. The molecule has 0 aliphatic carbocycles. The Morgan fingerprint density at radius 2 is 0.815 bits per heavy atom. The number of carbonyl (C=O) groups is 6. The highest BCUT2D eigenvalue weighted by Crippen LogP contribution is 2.25. The third-order valence-electron chi connectivity index (χ3n) is 6.73. The number of carbonyl (C=O) groups excluding carboxylic acids is 6. The van der Waals surface area contributed by atoms with Crippen molar-refractivity contribution in [3.05, 3.63) is 36.0 Å². The lowest BCUT2D eigenvalue weighted by Gasteiger charge is -2.06. The molecule has 0 fully saturated rings. The minimum absolute atomic E-state index is 0.130. The molecule has 2 rings (SSSR count). The molecule has 0 unspecified atom stereocenters. The van der Waals surface area contributed by atoms with E-state index in [0.717, 1.165) is 38.0 Å². The van der Waals surface area contributed by atoms with Crippen molar-refractivity contribution in [1.29, 1.82) is 0 Å². The molecule has 1 aromatic carbocycles. The fraction of sp³-hybridized carbons (Fsp3) is 0.576. The molecule has 1 amide bonds. The molecule has 0 spiro atoms. The van der Waals surface area contributed by atoms with Crippen LogP contribution in [-0.2, 0) is 28.8 Å².